The Morgan fingerprint density at radius 1 is 0.283 bits per heavy atom. The van der Waals surface area contributed by atoms with Gasteiger partial charge in [0.2, 0.25) is 0 Å². The molecule has 0 N–H and O–H groups in total. The lowest BCUT2D eigenvalue weighted by Gasteiger charge is -2.14. The van der Waals surface area contributed by atoms with Crippen molar-refractivity contribution < 1.29 is 0 Å². The van der Waals surface area contributed by atoms with E-state index < -0.39 is 0 Å². The summed E-state index contributed by atoms with van der Waals surface area (Å²) < 4.78 is 4.80. The minimum Gasteiger partial charge on any atom is -0.309 e. The summed E-state index contributed by atoms with van der Waals surface area (Å²) in [5.74, 6) is 0. The Labute approximate surface area is 350 Å². The number of aryl methyl sites for hydroxylation is 4. The molecule has 0 saturated carbocycles. The van der Waals surface area contributed by atoms with E-state index in [9.17, 15) is 0 Å². The van der Waals surface area contributed by atoms with Gasteiger partial charge in [-0.25, -0.2) is 4.98 Å². The van der Waals surface area contributed by atoms with Crippen LogP contribution in [0.4, 0.5) is 0 Å². The Balaban J connectivity index is 1.09. The van der Waals surface area contributed by atoms with E-state index in [1.54, 1.807) is 0 Å². The maximum atomic E-state index is 5.49. The molecule has 0 atom stereocenters. The topological polar surface area (TPSA) is 22.8 Å². The van der Waals surface area contributed by atoms with Gasteiger partial charge in [0.25, 0.3) is 0 Å². The Morgan fingerprint density at radius 2 is 0.633 bits per heavy atom. The van der Waals surface area contributed by atoms with Crippen LogP contribution in [0.15, 0.2) is 188 Å². The summed E-state index contributed by atoms with van der Waals surface area (Å²) in [7, 11) is 0. The fourth-order valence-corrected chi connectivity index (χ4v) is 9.15. The van der Waals surface area contributed by atoms with Crippen molar-refractivity contribution in [3.63, 3.8) is 0 Å². The van der Waals surface area contributed by atoms with E-state index in [0.29, 0.717) is 0 Å². The van der Waals surface area contributed by atoms with E-state index in [2.05, 4.69) is 225 Å². The van der Waals surface area contributed by atoms with Gasteiger partial charge in [0.05, 0.1) is 33.5 Å². The Bertz CT molecular complexity index is 3150. The van der Waals surface area contributed by atoms with Crippen molar-refractivity contribution in [2.75, 3.05) is 0 Å². The number of benzene rings is 8. The number of pyridine rings is 1. The van der Waals surface area contributed by atoms with Gasteiger partial charge in [-0.05, 0) is 135 Å². The number of rotatable bonds is 6. The summed E-state index contributed by atoms with van der Waals surface area (Å²) in [5, 5.41) is 5.09. The van der Waals surface area contributed by atoms with Crippen molar-refractivity contribution in [2.24, 2.45) is 0 Å². The molecule has 0 unspecified atom stereocenters. The number of aromatic nitrogens is 3. The van der Waals surface area contributed by atoms with Gasteiger partial charge in [-0.3, -0.25) is 0 Å². The maximum Gasteiger partial charge on any atom is 0.0716 e. The highest BCUT2D eigenvalue weighted by Crippen LogP contribution is 2.38. The Kier molecular flexibility index (Phi) is 8.38. The van der Waals surface area contributed by atoms with E-state index in [-0.39, 0.29) is 0 Å². The molecule has 0 spiro atoms. The van der Waals surface area contributed by atoms with Crippen LogP contribution in [0.1, 0.15) is 22.3 Å². The van der Waals surface area contributed by atoms with E-state index in [1.807, 2.05) is 0 Å². The van der Waals surface area contributed by atoms with Crippen LogP contribution in [0.25, 0.3) is 99.8 Å². The lowest BCUT2D eigenvalue weighted by atomic mass is 9.97. The van der Waals surface area contributed by atoms with E-state index in [1.165, 1.54) is 77.0 Å². The van der Waals surface area contributed by atoms with Crippen molar-refractivity contribution in [1.29, 1.82) is 0 Å². The molecule has 3 nitrogen and oxygen atoms in total. The predicted octanol–water partition coefficient (Wildman–Crippen LogP) is 15.2. The van der Waals surface area contributed by atoms with E-state index >= 15 is 0 Å². The molecule has 0 bridgehead atoms. The molecule has 8 aromatic carbocycles. The molecule has 11 aromatic rings. The zero-order valence-corrected chi connectivity index (χ0v) is 34.2. The van der Waals surface area contributed by atoms with Crippen LogP contribution >= 0.6 is 0 Å². The van der Waals surface area contributed by atoms with Crippen molar-refractivity contribution in [3.8, 4) is 56.1 Å². The molecule has 0 amide bonds. The fraction of sp³-hybridized carbons (Fsp3) is 0.0702. The fourth-order valence-electron chi connectivity index (χ4n) is 9.15. The zero-order chi connectivity index (χ0) is 40.5. The molecular formula is C57H43N3. The van der Waals surface area contributed by atoms with Crippen LogP contribution in [-0.4, -0.2) is 14.1 Å². The van der Waals surface area contributed by atoms with Gasteiger partial charge < -0.3 is 9.13 Å². The maximum absolute atomic E-state index is 5.49. The number of fused-ring (bicyclic) bond motifs is 6. The molecule has 0 fully saturated rings. The van der Waals surface area contributed by atoms with Crippen LogP contribution in [0.5, 0.6) is 0 Å². The van der Waals surface area contributed by atoms with Gasteiger partial charge in [-0.2, -0.15) is 0 Å². The minimum atomic E-state index is 0.928. The van der Waals surface area contributed by atoms with Gasteiger partial charge in [0.15, 0.2) is 0 Å². The number of nitrogens with zero attached hydrogens (tertiary/aromatic N) is 3. The average Bonchev–Trinajstić information content (AvgIpc) is 3.77. The predicted molar refractivity (Wildman–Crippen MR) is 254 cm³/mol. The molecule has 0 aliphatic carbocycles. The summed E-state index contributed by atoms with van der Waals surface area (Å²) in [6, 6.07) is 68.9. The lowest BCUT2D eigenvalue weighted by Crippen LogP contribution is -1.97. The third-order valence-electron chi connectivity index (χ3n) is 12.1. The molecule has 11 rings (SSSR count). The SMILES string of the molecule is Cc1ccc2c(c1)c1cc(C)ccc1n2-c1cccc(-c2cc(-c3ccc(-c4ccccc4)cc3)cc(-c3cccc(-n4c5ccc(C)cc5c5cc(C)ccc54)c3)n2)c1. The van der Waals surface area contributed by atoms with Gasteiger partial charge >= 0.3 is 0 Å². The Hall–Kier alpha value is -7.49. The van der Waals surface area contributed by atoms with Gasteiger partial charge in [0.1, 0.15) is 0 Å². The average molecular weight is 770 g/mol. The van der Waals surface area contributed by atoms with Gasteiger partial charge in [-0.15, -0.1) is 0 Å². The van der Waals surface area contributed by atoms with Crippen LogP contribution in [-0.2, 0) is 0 Å². The van der Waals surface area contributed by atoms with Crippen molar-refractivity contribution >= 4 is 43.6 Å². The summed E-state index contributed by atoms with van der Waals surface area (Å²) in [6.45, 7) is 8.69. The molecule has 3 aromatic heterocycles. The smallest absolute Gasteiger partial charge is 0.0716 e. The van der Waals surface area contributed by atoms with Crippen molar-refractivity contribution in [2.45, 2.75) is 27.7 Å². The lowest BCUT2D eigenvalue weighted by molar-refractivity contribution is 1.17. The van der Waals surface area contributed by atoms with Crippen LogP contribution < -0.4 is 0 Å². The monoisotopic (exact) mass is 769 g/mol. The molecular weight excluding hydrogens is 727 g/mol. The highest BCUT2D eigenvalue weighted by Gasteiger charge is 2.17. The minimum absolute atomic E-state index is 0.928. The largest absolute Gasteiger partial charge is 0.309 e. The molecule has 0 aliphatic rings. The molecule has 0 aliphatic heterocycles. The normalized spacial score (nSPS) is 11.7. The third-order valence-corrected chi connectivity index (χ3v) is 12.1. The van der Waals surface area contributed by atoms with Crippen LogP contribution in [0.2, 0.25) is 0 Å². The van der Waals surface area contributed by atoms with Gasteiger partial charge in [-0.1, -0.05) is 125 Å². The summed E-state index contributed by atoms with van der Waals surface area (Å²) >= 11 is 0. The highest BCUT2D eigenvalue weighted by atomic mass is 15.0. The standard InChI is InChI=1S/C57H43N3/c1-36-16-24-54-48(28-36)49-29-37(2)17-25-55(49)59(54)46-14-8-12-43(32-46)52-34-45(42-22-20-41(21-23-42)40-10-6-5-7-11-40)35-53(58-52)44-13-9-15-47(33-44)60-56-26-18-38(3)30-50(56)51-31-39(4)19-27-57(51)60/h5-35H,1-4H3. The summed E-state index contributed by atoms with van der Waals surface area (Å²) in [6.07, 6.45) is 0. The first-order valence-corrected chi connectivity index (χ1v) is 20.8. The number of hydrogen-bond donors (Lipinski definition) is 0. The van der Waals surface area contributed by atoms with Crippen LogP contribution in [0, 0.1) is 27.7 Å². The molecule has 0 saturated heterocycles. The number of hydrogen-bond acceptors (Lipinski definition) is 1. The van der Waals surface area contributed by atoms with Crippen LogP contribution in [0.3, 0.4) is 0 Å². The molecule has 0 radical (unpaired) electrons. The first-order valence-electron chi connectivity index (χ1n) is 20.8. The third kappa shape index (κ3) is 6.10. The van der Waals surface area contributed by atoms with E-state index in [0.717, 1.165) is 45.0 Å². The molecule has 3 heteroatoms. The first kappa shape index (κ1) is 35.7. The zero-order valence-electron chi connectivity index (χ0n) is 34.2. The molecule has 3 heterocycles. The second-order valence-electron chi connectivity index (χ2n) is 16.4. The van der Waals surface area contributed by atoms with E-state index in [4.69, 9.17) is 4.98 Å². The molecule has 60 heavy (non-hydrogen) atoms. The highest BCUT2D eigenvalue weighted by molar-refractivity contribution is 6.11. The molecule has 286 valence electrons. The first-order chi connectivity index (χ1) is 29.3. The summed E-state index contributed by atoms with van der Waals surface area (Å²) in [4.78, 5) is 5.49. The van der Waals surface area contributed by atoms with Crippen molar-refractivity contribution in [1.82, 2.24) is 14.1 Å². The Morgan fingerprint density at radius 3 is 1.03 bits per heavy atom. The van der Waals surface area contributed by atoms with Crippen molar-refractivity contribution in [3.05, 3.63) is 210 Å². The summed E-state index contributed by atoms with van der Waals surface area (Å²) in [5.41, 5.74) is 20.7. The van der Waals surface area contributed by atoms with Gasteiger partial charge in [0, 0.05) is 44.0 Å². The second-order valence-corrected chi connectivity index (χ2v) is 16.4. The second kappa shape index (κ2) is 14.1. The quantitative estimate of drug-likeness (QED) is 0.165.